The summed E-state index contributed by atoms with van der Waals surface area (Å²) in [7, 11) is 0. The van der Waals surface area contributed by atoms with E-state index in [1.165, 1.54) is 0 Å². The van der Waals surface area contributed by atoms with Crippen LogP contribution < -0.4 is 10.2 Å². The van der Waals surface area contributed by atoms with Gasteiger partial charge in [0.05, 0.1) is 27.2 Å². The number of carbonyl (C=O) groups excluding carboxylic acids is 1. The highest BCUT2D eigenvalue weighted by Gasteiger charge is 2.11. The lowest BCUT2D eigenvalue weighted by Gasteiger charge is -2.02. The van der Waals surface area contributed by atoms with Crippen molar-refractivity contribution < 1.29 is 9.53 Å². The standard InChI is InChI=1S/C17H15BrN4O2S/c1-2-24-12-5-3-11(4-6-12)10-19-22-17(23)14-9-13(20-21-14)15-7-8-16(18)25-15/h3-10H,2H2,1H3,(H,20,21)(H,22,23). The Balaban J connectivity index is 1.59. The lowest BCUT2D eigenvalue weighted by atomic mass is 10.2. The molecule has 0 radical (unpaired) electrons. The summed E-state index contributed by atoms with van der Waals surface area (Å²) in [5, 5.41) is 10.8. The molecule has 1 amide bonds. The normalized spacial score (nSPS) is 11.0. The monoisotopic (exact) mass is 418 g/mol. The predicted octanol–water partition coefficient (Wildman–Crippen LogP) is 4.06. The molecule has 0 bridgehead atoms. The fraction of sp³-hybridized carbons (Fsp3) is 0.118. The number of rotatable bonds is 6. The van der Waals surface area contributed by atoms with E-state index in [9.17, 15) is 4.79 Å². The molecule has 0 aliphatic rings. The maximum Gasteiger partial charge on any atom is 0.291 e. The number of ether oxygens (including phenoxy) is 1. The topological polar surface area (TPSA) is 79.4 Å². The molecule has 128 valence electrons. The van der Waals surface area contributed by atoms with Crippen LogP contribution in [0.1, 0.15) is 23.0 Å². The molecule has 0 saturated heterocycles. The second-order valence-electron chi connectivity index (χ2n) is 4.97. The summed E-state index contributed by atoms with van der Waals surface area (Å²) in [6.07, 6.45) is 1.57. The molecule has 2 heterocycles. The zero-order valence-corrected chi connectivity index (χ0v) is 15.7. The molecule has 3 rings (SSSR count). The van der Waals surface area contributed by atoms with Crippen LogP contribution in [0.5, 0.6) is 5.75 Å². The van der Waals surface area contributed by atoms with Crippen molar-refractivity contribution in [2.75, 3.05) is 6.61 Å². The fourth-order valence-electron chi connectivity index (χ4n) is 2.06. The lowest BCUT2D eigenvalue weighted by molar-refractivity contribution is 0.0950. The third kappa shape index (κ3) is 4.55. The first-order chi connectivity index (χ1) is 12.2. The number of nitrogens with one attached hydrogen (secondary N) is 2. The minimum Gasteiger partial charge on any atom is -0.494 e. The van der Waals surface area contributed by atoms with Crippen LogP contribution in [0, 0.1) is 0 Å². The molecule has 2 N–H and O–H groups in total. The van der Waals surface area contributed by atoms with Crippen LogP contribution in [-0.4, -0.2) is 28.9 Å². The molecule has 0 unspecified atom stereocenters. The molecular weight excluding hydrogens is 404 g/mol. The summed E-state index contributed by atoms with van der Waals surface area (Å²) in [6.45, 7) is 2.56. The number of hydrazone groups is 1. The Hall–Kier alpha value is -2.45. The van der Waals surface area contributed by atoms with Crippen LogP contribution in [0.25, 0.3) is 10.6 Å². The van der Waals surface area contributed by atoms with Crippen LogP contribution in [0.15, 0.2) is 51.4 Å². The summed E-state index contributed by atoms with van der Waals surface area (Å²) in [5.41, 5.74) is 4.39. The maximum atomic E-state index is 12.1. The molecular formula is C17H15BrN4O2S. The molecule has 0 spiro atoms. The zero-order valence-electron chi connectivity index (χ0n) is 13.3. The highest BCUT2D eigenvalue weighted by Crippen LogP contribution is 2.30. The van der Waals surface area contributed by atoms with Gasteiger partial charge in [0.15, 0.2) is 5.69 Å². The Kier molecular flexibility index (Phi) is 5.62. The summed E-state index contributed by atoms with van der Waals surface area (Å²) in [5.74, 6) is 0.424. The van der Waals surface area contributed by atoms with Gasteiger partial charge < -0.3 is 4.74 Å². The molecule has 0 fully saturated rings. The van der Waals surface area contributed by atoms with Gasteiger partial charge in [0.25, 0.3) is 5.91 Å². The van der Waals surface area contributed by atoms with E-state index in [0.29, 0.717) is 6.61 Å². The van der Waals surface area contributed by atoms with Gasteiger partial charge >= 0.3 is 0 Å². The summed E-state index contributed by atoms with van der Waals surface area (Å²) >= 11 is 4.97. The largest absolute Gasteiger partial charge is 0.494 e. The molecule has 25 heavy (non-hydrogen) atoms. The van der Waals surface area contributed by atoms with E-state index in [0.717, 1.165) is 25.7 Å². The number of thiophene rings is 1. The lowest BCUT2D eigenvalue weighted by Crippen LogP contribution is -2.17. The molecule has 0 aliphatic carbocycles. The number of hydrogen-bond acceptors (Lipinski definition) is 5. The minimum atomic E-state index is -0.375. The van der Waals surface area contributed by atoms with Crippen molar-refractivity contribution in [2.45, 2.75) is 6.92 Å². The molecule has 0 atom stereocenters. The van der Waals surface area contributed by atoms with E-state index in [1.807, 2.05) is 43.3 Å². The first-order valence-electron chi connectivity index (χ1n) is 7.53. The van der Waals surface area contributed by atoms with E-state index < -0.39 is 0 Å². The van der Waals surface area contributed by atoms with E-state index >= 15 is 0 Å². The smallest absolute Gasteiger partial charge is 0.291 e. The van der Waals surface area contributed by atoms with Crippen LogP contribution in [0.3, 0.4) is 0 Å². The number of benzene rings is 1. The van der Waals surface area contributed by atoms with Gasteiger partial charge in [0.1, 0.15) is 5.75 Å². The number of halogens is 1. The van der Waals surface area contributed by atoms with Crippen LogP contribution in [-0.2, 0) is 0 Å². The van der Waals surface area contributed by atoms with Gasteiger partial charge in [0, 0.05) is 0 Å². The third-order valence-corrected chi connectivity index (χ3v) is 4.88. The number of amides is 1. The average Bonchev–Trinajstić information content (AvgIpc) is 3.25. The second-order valence-corrected chi connectivity index (χ2v) is 7.43. The van der Waals surface area contributed by atoms with Gasteiger partial charge in [-0.25, -0.2) is 5.43 Å². The first kappa shape index (κ1) is 17.4. The molecule has 2 aromatic heterocycles. The molecule has 0 aliphatic heterocycles. The Morgan fingerprint density at radius 3 is 2.84 bits per heavy atom. The fourth-order valence-corrected chi connectivity index (χ4v) is 3.41. The van der Waals surface area contributed by atoms with Crippen molar-refractivity contribution in [1.82, 2.24) is 15.6 Å². The van der Waals surface area contributed by atoms with Crippen molar-refractivity contribution in [3.63, 3.8) is 0 Å². The summed E-state index contributed by atoms with van der Waals surface area (Å²) in [6, 6.07) is 13.0. The number of carbonyl (C=O) groups is 1. The molecule has 3 aromatic rings. The van der Waals surface area contributed by atoms with Gasteiger partial charge in [-0.15, -0.1) is 11.3 Å². The molecule has 8 heteroatoms. The number of aromatic amines is 1. The molecule has 6 nitrogen and oxygen atoms in total. The van der Waals surface area contributed by atoms with Crippen LogP contribution in [0.2, 0.25) is 0 Å². The molecule has 0 saturated carbocycles. The Morgan fingerprint density at radius 2 is 2.16 bits per heavy atom. The van der Waals surface area contributed by atoms with Crippen LogP contribution in [0.4, 0.5) is 0 Å². The van der Waals surface area contributed by atoms with E-state index in [-0.39, 0.29) is 11.6 Å². The van der Waals surface area contributed by atoms with Crippen molar-refractivity contribution in [3.05, 3.63) is 57.5 Å². The van der Waals surface area contributed by atoms with Crippen molar-refractivity contribution in [2.24, 2.45) is 5.10 Å². The average molecular weight is 419 g/mol. The van der Waals surface area contributed by atoms with Gasteiger partial charge in [-0.2, -0.15) is 10.2 Å². The van der Waals surface area contributed by atoms with E-state index in [2.05, 4.69) is 36.7 Å². The Bertz CT molecular complexity index is 886. The van der Waals surface area contributed by atoms with Gasteiger partial charge in [-0.1, -0.05) is 0 Å². The Morgan fingerprint density at radius 1 is 1.36 bits per heavy atom. The first-order valence-corrected chi connectivity index (χ1v) is 9.14. The highest BCUT2D eigenvalue weighted by atomic mass is 79.9. The van der Waals surface area contributed by atoms with Crippen molar-refractivity contribution >= 4 is 39.4 Å². The zero-order chi connectivity index (χ0) is 17.6. The van der Waals surface area contributed by atoms with Crippen molar-refractivity contribution in [1.29, 1.82) is 0 Å². The Labute approximate surface area is 157 Å². The number of H-pyrrole nitrogens is 1. The second kappa shape index (κ2) is 8.09. The molecule has 1 aromatic carbocycles. The highest BCUT2D eigenvalue weighted by molar-refractivity contribution is 9.11. The summed E-state index contributed by atoms with van der Waals surface area (Å²) < 4.78 is 6.39. The SMILES string of the molecule is CCOc1ccc(C=NNC(=O)c2cc(-c3ccc(Br)s3)[nH]n2)cc1. The van der Waals surface area contributed by atoms with Gasteiger partial charge in [0.2, 0.25) is 0 Å². The van der Waals surface area contributed by atoms with Gasteiger partial charge in [-0.3, -0.25) is 9.89 Å². The number of nitrogens with zero attached hydrogens (tertiary/aromatic N) is 2. The van der Waals surface area contributed by atoms with Gasteiger partial charge in [-0.05, 0) is 70.9 Å². The number of hydrogen-bond donors (Lipinski definition) is 2. The minimum absolute atomic E-state index is 0.281. The van der Waals surface area contributed by atoms with E-state index in [4.69, 9.17) is 4.74 Å². The van der Waals surface area contributed by atoms with Crippen LogP contribution >= 0.6 is 27.3 Å². The number of aromatic nitrogens is 2. The van der Waals surface area contributed by atoms with E-state index in [1.54, 1.807) is 23.6 Å². The maximum absolute atomic E-state index is 12.1. The summed E-state index contributed by atoms with van der Waals surface area (Å²) in [4.78, 5) is 13.1. The quantitative estimate of drug-likeness (QED) is 0.467. The van der Waals surface area contributed by atoms with Crippen molar-refractivity contribution in [3.8, 4) is 16.3 Å². The third-order valence-electron chi connectivity index (χ3n) is 3.22. The predicted molar refractivity (Wildman–Crippen MR) is 102 cm³/mol.